The first kappa shape index (κ1) is 24.7. The molecule has 7 atom stereocenters. The first-order chi connectivity index (χ1) is 18.9. The molecule has 1 aromatic heterocycles. The number of carbonyl (C=O) groups excluding carboxylic acids is 3. The highest BCUT2D eigenvalue weighted by Gasteiger charge is 2.69. The lowest BCUT2D eigenvalue weighted by atomic mass is 9.68. The van der Waals surface area contributed by atoms with Gasteiger partial charge in [0, 0.05) is 16.0 Å². The van der Waals surface area contributed by atoms with Crippen LogP contribution >= 0.6 is 23.1 Å². The molecular weight excluding hydrogens is 536 g/mol. The third kappa shape index (κ3) is 3.57. The number of hydrogen-bond acceptors (Lipinski definition) is 8. The van der Waals surface area contributed by atoms with Gasteiger partial charge >= 0.3 is 10.8 Å². The van der Waals surface area contributed by atoms with Crippen molar-refractivity contribution < 1.29 is 23.9 Å². The number of methoxy groups -OCH3 is 1. The first-order valence-electron chi connectivity index (χ1n) is 13.1. The zero-order valence-electron chi connectivity index (χ0n) is 21.3. The van der Waals surface area contributed by atoms with E-state index in [0.717, 1.165) is 27.6 Å². The van der Waals surface area contributed by atoms with Crippen LogP contribution in [0, 0.1) is 29.6 Å². The van der Waals surface area contributed by atoms with E-state index in [1.54, 1.807) is 50.1 Å². The number of nitrogens with zero attached hydrogens (tertiary/aromatic N) is 1. The van der Waals surface area contributed by atoms with Gasteiger partial charge in [0.1, 0.15) is 5.75 Å². The summed E-state index contributed by atoms with van der Waals surface area (Å²) in [4.78, 5) is 57.5. The fourth-order valence-corrected chi connectivity index (χ4v) is 10.3. The van der Waals surface area contributed by atoms with E-state index < -0.39 is 5.97 Å². The number of aromatic amines is 1. The van der Waals surface area contributed by atoms with Gasteiger partial charge in [0.25, 0.3) is 0 Å². The number of aromatic nitrogens is 1. The van der Waals surface area contributed by atoms with E-state index in [4.69, 9.17) is 9.47 Å². The van der Waals surface area contributed by atoms with Crippen LogP contribution in [0.2, 0.25) is 0 Å². The summed E-state index contributed by atoms with van der Waals surface area (Å²) in [6.07, 6.45) is 0.830. The Bertz CT molecular complexity index is 1540. The summed E-state index contributed by atoms with van der Waals surface area (Å²) in [6.45, 7) is 2.01. The molecule has 1 saturated heterocycles. The summed E-state index contributed by atoms with van der Waals surface area (Å²) in [6, 6.07) is 14.5. The van der Waals surface area contributed by atoms with Crippen molar-refractivity contribution in [1.29, 1.82) is 0 Å². The number of carbonyl (C=O) groups is 3. The number of rotatable bonds is 5. The molecule has 2 amide bonds. The van der Waals surface area contributed by atoms with Crippen LogP contribution in [0.1, 0.15) is 40.1 Å². The second kappa shape index (κ2) is 9.09. The number of amides is 2. The fourth-order valence-electron chi connectivity index (χ4n) is 7.42. The zero-order valence-corrected chi connectivity index (χ0v) is 22.9. The zero-order chi connectivity index (χ0) is 27.0. The molecule has 2 bridgehead atoms. The largest absolute Gasteiger partial charge is 0.497 e. The Kier molecular flexibility index (Phi) is 5.75. The normalized spacial score (nSPS) is 30.2. The summed E-state index contributed by atoms with van der Waals surface area (Å²) < 4.78 is 10.4. The van der Waals surface area contributed by atoms with Gasteiger partial charge < -0.3 is 14.5 Å². The minimum atomic E-state index is -0.436. The van der Waals surface area contributed by atoms with Gasteiger partial charge in [0.2, 0.25) is 11.8 Å². The number of nitrogens with one attached hydrogen (secondary N) is 1. The summed E-state index contributed by atoms with van der Waals surface area (Å²) in [5.41, 5.74) is 1.96. The topological polar surface area (TPSA) is 106 Å². The molecule has 3 fully saturated rings. The number of hydrogen-bond donors (Lipinski definition) is 1. The number of anilines is 1. The van der Waals surface area contributed by atoms with Gasteiger partial charge in [-0.05, 0) is 73.1 Å². The summed E-state index contributed by atoms with van der Waals surface area (Å²) in [7, 11) is 1.63. The first-order valence-corrected chi connectivity index (χ1v) is 14.8. The minimum Gasteiger partial charge on any atom is -0.497 e. The quantitative estimate of drug-likeness (QED) is 0.365. The van der Waals surface area contributed by atoms with E-state index in [0.29, 0.717) is 11.3 Å². The van der Waals surface area contributed by atoms with Crippen LogP contribution in [0.25, 0.3) is 0 Å². The lowest BCUT2D eigenvalue weighted by Crippen LogP contribution is -2.42. The summed E-state index contributed by atoms with van der Waals surface area (Å²) >= 11 is 2.92. The van der Waals surface area contributed by atoms with Crippen molar-refractivity contribution in [3.05, 3.63) is 74.2 Å². The Balaban J connectivity index is 1.24. The monoisotopic (exact) mass is 562 g/mol. The second-order valence-corrected chi connectivity index (χ2v) is 12.7. The number of thiazole rings is 1. The Morgan fingerprint density at radius 1 is 1.00 bits per heavy atom. The molecule has 5 unspecified atom stereocenters. The standard InChI is InChI=1S/C29H26N2O6S2/c1-3-37-28(34)14-4-8-15(9-5-14)31-26(32)21-17-12-18(22(21)27(31)33)23-20(17)19(13-6-10-16(36-2)11-7-13)24-25(38-23)30-29(35)39-24/h4-11,17-23H,3,12H2,1-2H3,(H,30,35)/t17-,18-,19?,20?,21?,22?,23?/m1/s1. The van der Waals surface area contributed by atoms with Crippen molar-refractivity contribution >= 4 is 46.6 Å². The van der Waals surface area contributed by atoms with Crippen molar-refractivity contribution in [2.24, 2.45) is 29.6 Å². The Morgan fingerprint density at radius 2 is 1.69 bits per heavy atom. The minimum absolute atomic E-state index is 0.0298. The Labute approximate surface area is 232 Å². The number of esters is 1. The fraction of sp³-hybridized carbons (Fsp3) is 0.379. The van der Waals surface area contributed by atoms with Gasteiger partial charge in [-0.1, -0.05) is 23.5 Å². The highest BCUT2D eigenvalue weighted by Crippen LogP contribution is 2.68. The number of H-pyrrole nitrogens is 1. The van der Waals surface area contributed by atoms with E-state index in [2.05, 4.69) is 4.98 Å². The summed E-state index contributed by atoms with van der Waals surface area (Å²) in [5, 5.41) is 1.02. The van der Waals surface area contributed by atoms with Crippen molar-refractivity contribution in [3.63, 3.8) is 0 Å². The third-order valence-corrected chi connectivity index (χ3v) is 11.4. The maximum absolute atomic E-state index is 13.9. The van der Waals surface area contributed by atoms with Crippen LogP contribution in [0.3, 0.4) is 0 Å². The number of ether oxygens (including phenoxy) is 2. The van der Waals surface area contributed by atoms with Crippen LogP contribution in [0.5, 0.6) is 5.75 Å². The van der Waals surface area contributed by atoms with Crippen molar-refractivity contribution in [2.75, 3.05) is 18.6 Å². The van der Waals surface area contributed by atoms with E-state index >= 15 is 0 Å². The van der Waals surface area contributed by atoms with Gasteiger partial charge in [0.15, 0.2) is 0 Å². The maximum atomic E-state index is 13.9. The Morgan fingerprint density at radius 3 is 2.36 bits per heavy atom. The van der Waals surface area contributed by atoms with Crippen molar-refractivity contribution in [3.8, 4) is 5.75 Å². The molecular formula is C29H26N2O6S2. The van der Waals surface area contributed by atoms with Crippen LogP contribution in [0.15, 0.2) is 58.4 Å². The molecule has 3 heterocycles. The van der Waals surface area contributed by atoms with E-state index in [9.17, 15) is 19.2 Å². The smallest absolute Gasteiger partial charge is 0.338 e. The van der Waals surface area contributed by atoms with E-state index in [1.165, 1.54) is 16.2 Å². The van der Waals surface area contributed by atoms with Gasteiger partial charge in [-0.15, -0.1) is 11.8 Å². The molecule has 3 aromatic rings. The predicted molar refractivity (Wildman–Crippen MR) is 146 cm³/mol. The molecule has 7 rings (SSSR count). The van der Waals surface area contributed by atoms with Gasteiger partial charge in [-0.2, -0.15) is 0 Å². The molecule has 2 aliphatic heterocycles. The van der Waals surface area contributed by atoms with Gasteiger partial charge in [-0.25, -0.2) is 4.79 Å². The number of imide groups is 1. The molecule has 4 aliphatic rings. The van der Waals surface area contributed by atoms with Gasteiger partial charge in [0.05, 0.1) is 41.8 Å². The average molecular weight is 563 g/mol. The van der Waals surface area contributed by atoms with Gasteiger partial charge in [-0.3, -0.25) is 19.3 Å². The van der Waals surface area contributed by atoms with Crippen molar-refractivity contribution in [1.82, 2.24) is 4.98 Å². The molecule has 0 spiro atoms. The molecule has 2 aliphatic carbocycles. The van der Waals surface area contributed by atoms with Crippen LogP contribution < -0.4 is 14.5 Å². The number of thioether (sulfide) groups is 1. The highest BCUT2D eigenvalue weighted by molar-refractivity contribution is 8.00. The second-order valence-electron chi connectivity index (χ2n) is 10.5. The predicted octanol–water partition coefficient (Wildman–Crippen LogP) is 4.30. The molecule has 200 valence electrons. The molecule has 2 aromatic carbocycles. The lowest BCUT2D eigenvalue weighted by Gasteiger charge is -2.43. The molecule has 2 saturated carbocycles. The molecule has 10 heteroatoms. The number of benzene rings is 2. The molecule has 1 N–H and O–H groups in total. The average Bonchev–Trinajstić information content (AvgIpc) is 3.68. The molecule has 8 nitrogen and oxygen atoms in total. The maximum Gasteiger partial charge on any atom is 0.338 e. The van der Waals surface area contributed by atoms with E-state index in [1.807, 2.05) is 24.3 Å². The van der Waals surface area contributed by atoms with Crippen LogP contribution in [-0.2, 0) is 14.3 Å². The van der Waals surface area contributed by atoms with Crippen LogP contribution in [-0.4, -0.2) is 41.7 Å². The van der Waals surface area contributed by atoms with Crippen LogP contribution in [0.4, 0.5) is 5.69 Å². The SMILES string of the molecule is CCOC(=O)c1ccc(N2C(=O)C3C(C2=O)[C@@H]2C[C@H]3C3Sc4[nH]c(=O)sc4C(c4ccc(OC)cc4)C32)cc1. The number of fused-ring (bicyclic) bond motifs is 9. The lowest BCUT2D eigenvalue weighted by molar-refractivity contribution is -0.123. The molecule has 39 heavy (non-hydrogen) atoms. The van der Waals surface area contributed by atoms with E-state index in [-0.39, 0.29) is 64.1 Å². The van der Waals surface area contributed by atoms with Crippen molar-refractivity contribution in [2.45, 2.75) is 29.5 Å². The molecule has 0 radical (unpaired) electrons. The summed E-state index contributed by atoms with van der Waals surface area (Å²) in [5.74, 6) is -0.558. The third-order valence-electron chi connectivity index (χ3n) is 8.84. The highest BCUT2D eigenvalue weighted by atomic mass is 32.2. The Hall–Kier alpha value is -3.37.